The SMILES string of the molecule is NC(=O)C1CC(CCO)CCO1. The third-order valence-corrected chi connectivity index (χ3v) is 2.25. The maximum Gasteiger partial charge on any atom is 0.246 e. The van der Waals surface area contributed by atoms with E-state index in [1.165, 1.54) is 0 Å². The van der Waals surface area contributed by atoms with E-state index in [1.807, 2.05) is 0 Å². The van der Waals surface area contributed by atoms with Gasteiger partial charge < -0.3 is 15.6 Å². The molecular weight excluding hydrogens is 158 g/mol. The van der Waals surface area contributed by atoms with Gasteiger partial charge in [0.15, 0.2) is 0 Å². The van der Waals surface area contributed by atoms with Crippen LogP contribution >= 0.6 is 0 Å². The van der Waals surface area contributed by atoms with Gasteiger partial charge in [0.2, 0.25) is 5.91 Å². The smallest absolute Gasteiger partial charge is 0.246 e. The second-order valence-electron chi connectivity index (χ2n) is 3.16. The van der Waals surface area contributed by atoms with Gasteiger partial charge in [0.1, 0.15) is 6.10 Å². The number of aliphatic hydroxyl groups excluding tert-OH is 1. The molecular formula is C8H15NO3. The quantitative estimate of drug-likeness (QED) is 0.612. The molecule has 12 heavy (non-hydrogen) atoms. The lowest BCUT2D eigenvalue weighted by Crippen LogP contribution is -2.37. The zero-order chi connectivity index (χ0) is 8.97. The maximum atomic E-state index is 10.7. The Bertz CT molecular complexity index is 158. The predicted molar refractivity (Wildman–Crippen MR) is 43.4 cm³/mol. The molecule has 1 saturated heterocycles. The number of nitrogens with two attached hydrogens (primary N) is 1. The monoisotopic (exact) mass is 173 g/mol. The zero-order valence-electron chi connectivity index (χ0n) is 7.03. The number of ether oxygens (including phenoxy) is 1. The minimum atomic E-state index is -0.435. The fraction of sp³-hybridized carbons (Fsp3) is 0.875. The van der Waals surface area contributed by atoms with E-state index < -0.39 is 12.0 Å². The van der Waals surface area contributed by atoms with Gasteiger partial charge in [0.25, 0.3) is 0 Å². The number of hydrogen-bond acceptors (Lipinski definition) is 3. The van der Waals surface area contributed by atoms with Gasteiger partial charge in [-0.15, -0.1) is 0 Å². The van der Waals surface area contributed by atoms with E-state index in [4.69, 9.17) is 15.6 Å². The van der Waals surface area contributed by atoms with Crippen LogP contribution in [0.2, 0.25) is 0 Å². The van der Waals surface area contributed by atoms with Gasteiger partial charge in [-0.2, -0.15) is 0 Å². The average molecular weight is 173 g/mol. The molecule has 1 rings (SSSR count). The normalized spacial score (nSPS) is 30.1. The highest BCUT2D eigenvalue weighted by Gasteiger charge is 2.25. The minimum Gasteiger partial charge on any atom is -0.396 e. The van der Waals surface area contributed by atoms with Crippen molar-refractivity contribution in [2.75, 3.05) is 13.2 Å². The summed E-state index contributed by atoms with van der Waals surface area (Å²) in [6.45, 7) is 0.758. The van der Waals surface area contributed by atoms with Gasteiger partial charge in [-0.25, -0.2) is 0 Å². The van der Waals surface area contributed by atoms with Crippen molar-refractivity contribution in [3.05, 3.63) is 0 Å². The molecule has 0 bridgehead atoms. The molecule has 0 aromatic carbocycles. The minimum absolute atomic E-state index is 0.177. The number of aliphatic hydroxyl groups is 1. The van der Waals surface area contributed by atoms with Gasteiger partial charge >= 0.3 is 0 Å². The largest absolute Gasteiger partial charge is 0.396 e. The average Bonchev–Trinajstić information content (AvgIpc) is 2.05. The Balaban J connectivity index is 2.35. The van der Waals surface area contributed by atoms with Crippen molar-refractivity contribution in [2.45, 2.75) is 25.4 Å². The molecule has 3 N–H and O–H groups in total. The molecule has 0 aromatic rings. The van der Waals surface area contributed by atoms with Crippen molar-refractivity contribution in [1.29, 1.82) is 0 Å². The van der Waals surface area contributed by atoms with Gasteiger partial charge in [-0.05, 0) is 25.2 Å². The van der Waals surface area contributed by atoms with Crippen molar-refractivity contribution < 1.29 is 14.6 Å². The molecule has 0 aromatic heterocycles. The molecule has 0 spiro atoms. The van der Waals surface area contributed by atoms with E-state index in [2.05, 4.69) is 0 Å². The highest BCUT2D eigenvalue weighted by atomic mass is 16.5. The van der Waals surface area contributed by atoms with Gasteiger partial charge in [-0.3, -0.25) is 4.79 Å². The molecule has 0 aliphatic carbocycles. The molecule has 4 heteroatoms. The summed E-state index contributed by atoms with van der Waals surface area (Å²) in [6.07, 6.45) is 1.89. The van der Waals surface area contributed by atoms with E-state index >= 15 is 0 Å². The topological polar surface area (TPSA) is 72.6 Å². The Morgan fingerprint density at radius 1 is 1.67 bits per heavy atom. The molecule has 2 unspecified atom stereocenters. The molecule has 0 radical (unpaired) electrons. The van der Waals surface area contributed by atoms with E-state index in [9.17, 15) is 4.79 Å². The first-order valence-electron chi connectivity index (χ1n) is 4.26. The van der Waals surface area contributed by atoms with Crippen molar-refractivity contribution in [3.63, 3.8) is 0 Å². The van der Waals surface area contributed by atoms with Crippen molar-refractivity contribution >= 4 is 5.91 Å². The fourth-order valence-corrected chi connectivity index (χ4v) is 1.51. The van der Waals surface area contributed by atoms with Crippen molar-refractivity contribution in [1.82, 2.24) is 0 Å². The number of primary amides is 1. The first-order valence-corrected chi connectivity index (χ1v) is 4.26. The Morgan fingerprint density at radius 3 is 3.00 bits per heavy atom. The summed E-state index contributed by atoms with van der Waals surface area (Å²) in [7, 11) is 0. The molecule has 1 heterocycles. The summed E-state index contributed by atoms with van der Waals surface area (Å²) in [5.41, 5.74) is 5.10. The standard InChI is InChI=1S/C8H15NO3/c9-8(11)7-5-6(1-3-10)2-4-12-7/h6-7,10H,1-5H2,(H2,9,11). The summed E-state index contributed by atoms with van der Waals surface area (Å²) in [6, 6.07) is 0. The number of hydrogen-bond donors (Lipinski definition) is 2. The number of amides is 1. The third-order valence-electron chi connectivity index (χ3n) is 2.25. The highest BCUT2D eigenvalue weighted by molar-refractivity contribution is 5.78. The lowest BCUT2D eigenvalue weighted by molar-refractivity contribution is -0.134. The second-order valence-corrected chi connectivity index (χ2v) is 3.16. The van der Waals surface area contributed by atoms with E-state index in [0.717, 1.165) is 12.8 Å². The van der Waals surface area contributed by atoms with E-state index in [1.54, 1.807) is 0 Å². The Labute approximate surface area is 71.7 Å². The van der Waals surface area contributed by atoms with Crippen LogP contribution in [0.1, 0.15) is 19.3 Å². The maximum absolute atomic E-state index is 10.7. The summed E-state index contributed by atoms with van der Waals surface area (Å²) in [4.78, 5) is 10.7. The molecule has 1 fully saturated rings. The summed E-state index contributed by atoms with van der Waals surface area (Å²) >= 11 is 0. The first-order chi connectivity index (χ1) is 5.74. The molecule has 1 amide bonds. The van der Waals surface area contributed by atoms with E-state index in [0.29, 0.717) is 18.9 Å². The highest BCUT2D eigenvalue weighted by Crippen LogP contribution is 2.22. The van der Waals surface area contributed by atoms with Crippen LogP contribution in [-0.2, 0) is 9.53 Å². The van der Waals surface area contributed by atoms with Crippen LogP contribution in [0, 0.1) is 5.92 Å². The van der Waals surface area contributed by atoms with Gasteiger partial charge in [0.05, 0.1) is 0 Å². The zero-order valence-corrected chi connectivity index (χ0v) is 7.03. The van der Waals surface area contributed by atoms with Crippen LogP contribution in [0.15, 0.2) is 0 Å². The van der Waals surface area contributed by atoms with Crippen LogP contribution in [-0.4, -0.2) is 30.3 Å². The molecule has 70 valence electrons. The van der Waals surface area contributed by atoms with Crippen molar-refractivity contribution in [3.8, 4) is 0 Å². The van der Waals surface area contributed by atoms with Crippen molar-refractivity contribution in [2.24, 2.45) is 11.7 Å². The molecule has 1 aliphatic rings. The second kappa shape index (κ2) is 4.42. The van der Waals surface area contributed by atoms with E-state index in [-0.39, 0.29) is 6.61 Å². The van der Waals surface area contributed by atoms with Crippen LogP contribution < -0.4 is 5.73 Å². The molecule has 4 nitrogen and oxygen atoms in total. The summed E-state index contributed by atoms with van der Waals surface area (Å²) in [5, 5.41) is 8.69. The third kappa shape index (κ3) is 2.46. The lowest BCUT2D eigenvalue weighted by atomic mass is 9.92. The predicted octanol–water partition coefficient (Wildman–Crippen LogP) is -0.351. The fourth-order valence-electron chi connectivity index (χ4n) is 1.51. The number of rotatable bonds is 3. The Hall–Kier alpha value is -0.610. The van der Waals surface area contributed by atoms with Gasteiger partial charge in [0, 0.05) is 13.2 Å². The number of carbonyl (C=O) groups excluding carboxylic acids is 1. The molecule has 2 atom stereocenters. The van der Waals surface area contributed by atoms with Gasteiger partial charge in [-0.1, -0.05) is 0 Å². The molecule has 0 saturated carbocycles. The summed E-state index contributed by atoms with van der Waals surface area (Å²) < 4.78 is 5.16. The number of carbonyl (C=O) groups is 1. The van der Waals surface area contributed by atoms with Crippen LogP contribution in [0.3, 0.4) is 0 Å². The Morgan fingerprint density at radius 2 is 2.42 bits per heavy atom. The first kappa shape index (κ1) is 9.48. The van der Waals surface area contributed by atoms with Crippen LogP contribution in [0.4, 0.5) is 0 Å². The Kier molecular flexibility index (Phi) is 3.49. The molecule has 1 aliphatic heterocycles. The van der Waals surface area contributed by atoms with Crippen LogP contribution in [0.5, 0.6) is 0 Å². The van der Waals surface area contributed by atoms with Crippen LogP contribution in [0.25, 0.3) is 0 Å². The summed E-state index contributed by atoms with van der Waals surface area (Å²) in [5.74, 6) is -0.00103. The lowest BCUT2D eigenvalue weighted by Gasteiger charge is -2.26.